The minimum Gasteiger partial charge on any atom is -0.302 e. The lowest BCUT2D eigenvalue weighted by Crippen LogP contribution is -2.22. The van der Waals surface area contributed by atoms with Crippen molar-refractivity contribution in [1.29, 1.82) is 0 Å². The number of benzene rings is 2. The first-order valence-corrected chi connectivity index (χ1v) is 6.43. The molecule has 0 aliphatic rings. The Morgan fingerprint density at radius 2 is 1.58 bits per heavy atom. The second-order valence-electron chi connectivity index (χ2n) is 4.97. The molecule has 0 saturated heterocycles. The van der Waals surface area contributed by atoms with Crippen LogP contribution in [-0.2, 0) is 10.2 Å². The molecule has 1 atom stereocenters. The molecular formula is C18H18O. The smallest absolute Gasteiger partial charge is 0.130 e. The average Bonchev–Trinajstić information content (AvgIpc) is 2.48. The third-order valence-corrected chi connectivity index (χ3v) is 3.48. The van der Waals surface area contributed by atoms with E-state index >= 15 is 0 Å². The van der Waals surface area contributed by atoms with Crippen molar-refractivity contribution in [2.75, 3.05) is 0 Å². The molecule has 96 valence electrons. The molecule has 1 heteroatoms. The molecule has 0 saturated carbocycles. The zero-order valence-electron chi connectivity index (χ0n) is 11.2. The van der Waals surface area contributed by atoms with Crippen LogP contribution in [0.25, 0.3) is 11.1 Å². The normalized spacial score (nSPS) is 13.5. The van der Waals surface area contributed by atoms with Crippen LogP contribution in [0.1, 0.15) is 18.9 Å². The van der Waals surface area contributed by atoms with Crippen molar-refractivity contribution < 1.29 is 4.79 Å². The fraction of sp³-hybridized carbons (Fsp3) is 0.167. The molecule has 0 spiro atoms. The first-order valence-electron chi connectivity index (χ1n) is 6.43. The van der Waals surface area contributed by atoms with Crippen molar-refractivity contribution in [3.63, 3.8) is 0 Å². The Bertz CT molecular complexity index is 554. The first-order chi connectivity index (χ1) is 9.19. The molecule has 0 aliphatic heterocycles. The van der Waals surface area contributed by atoms with Crippen molar-refractivity contribution in [2.24, 2.45) is 0 Å². The first kappa shape index (κ1) is 13.3. The molecule has 0 amide bonds. The summed E-state index contributed by atoms with van der Waals surface area (Å²) in [4.78, 5) is 11.3. The molecule has 19 heavy (non-hydrogen) atoms. The van der Waals surface area contributed by atoms with Crippen LogP contribution in [0.5, 0.6) is 0 Å². The lowest BCUT2D eigenvalue weighted by Gasteiger charge is -2.22. The monoisotopic (exact) mass is 250 g/mol. The van der Waals surface area contributed by atoms with Gasteiger partial charge in [0.05, 0.1) is 5.41 Å². The molecule has 0 radical (unpaired) electrons. The van der Waals surface area contributed by atoms with E-state index in [1.165, 1.54) is 5.56 Å². The average molecular weight is 250 g/mol. The quantitative estimate of drug-likeness (QED) is 0.568. The van der Waals surface area contributed by atoms with E-state index in [0.29, 0.717) is 6.42 Å². The van der Waals surface area contributed by atoms with Crippen molar-refractivity contribution in [2.45, 2.75) is 18.8 Å². The van der Waals surface area contributed by atoms with Gasteiger partial charge in [-0.1, -0.05) is 60.7 Å². The number of allylic oxidation sites excluding steroid dienone is 1. The number of carbonyl (C=O) groups is 1. The van der Waals surface area contributed by atoms with Gasteiger partial charge in [0.25, 0.3) is 0 Å². The van der Waals surface area contributed by atoms with E-state index in [-0.39, 0.29) is 0 Å². The van der Waals surface area contributed by atoms with Crippen molar-refractivity contribution >= 4 is 6.29 Å². The zero-order chi connectivity index (χ0) is 13.7. The minimum atomic E-state index is -0.475. The summed E-state index contributed by atoms with van der Waals surface area (Å²) in [5, 5.41) is 0. The van der Waals surface area contributed by atoms with Gasteiger partial charge in [0.15, 0.2) is 0 Å². The number of carbonyl (C=O) groups excluding carboxylic acids is 1. The summed E-state index contributed by atoms with van der Waals surface area (Å²) in [5.74, 6) is 0. The van der Waals surface area contributed by atoms with Gasteiger partial charge in [-0.05, 0) is 30.0 Å². The third kappa shape index (κ3) is 2.82. The molecule has 1 unspecified atom stereocenters. The van der Waals surface area contributed by atoms with Gasteiger partial charge in [-0.2, -0.15) is 0 Å². The number of rotatable bonds is 5. The number of aldehydes is 1. The second-order valence-corrected chi connectivity index (χ2v) is 4.97. The van der Waals surface area contributed by atoms with Crippen LogP contribution in [0.15, 0.2) is 67.3 Å². The zero-order valence-corrected chi connectivity index (χ0v) is 11.2. The Balaban J connectivity index is 2.33. The predicted octanol–water partition coefficient (Wildman–Crippen LogP) is 4.39. The standard InChI is InChI=1S/C18H18O/c1-3-13-18(2,14-19)17-11-9-16(10-12-17)15-7-5-4-6-8-15/h3-12,14H,1,13H2,2H3. The van der Waals surface area contributed by atoms with E-state index in [1.54, 1.807) is 6.08 Å². The van der Waals surface area contributed by atoms with Crippen LogP contribution in [0, 0.1) is 0 Å². The highest BCUT2D eigenvalue weighted by molar-refractivity contribution is 5.70. The SMILES string of the molecule is C=CCC(C)(C=O)c1ccc(-c2ccccc2)cc1. The molecule has 0 aromatic heterocycles. The second kappa shape index (κ2) is 5.66. The summed E-state index contributed by atoms with van der Waals surface area (Å²) in [6.45, 7) is 5.67. The molecule has 0 bridgehead atoms. The Morgan fingerprint density at radius 1 is 1.00 bits per heavy atom. The molecule has 0 aliphatic carbocycles. The number of hydrogen-bond acceptors (Lipinski definition) is 1. The summed E-state index contributed by atoms with van der Waals surface area (Å²) < 4.78 is 0. The highest BCUT2D eigenvalue weighted by Crippen LogP contribution is 2.28. The summed E-state index contributed by atoms with van der Waals surface area (Å²) in [5.41, 5.74) is 2.90. The van der Waals surface area contributed by atoms with Gasteiger partial charge < -0.3 is 4.79 Å². The molecule has 2 aromatic carbocycles. The summed E-state index contributed by atoms with van der Waals surface area (Å²) >= 11 is 0. The summed E-state index contributed by atoms with van der Waals surface area (Å²) in [6, 6.07) is 18.4. The lowest BCUT2D eigenvalue weighted by molar-refractivity contribution is -0.112. The van der Waals surface area contributed by atoms with Crippen LogP contribution in [0.4, 0.5) is 0 Å². The van der Waals surface area contributed by atoms with E-state index in [0.717, 1.165) is 17.4 Å². The van der Waals surface area contributed by atoms with Crippen LogP contribution in [-0.4, -0.2) is 6.29 Å². The van der Waals surface area contributed by atoms with Crippen molar-refractivity contribution in [1.82, 2.24) is 0 Å². The van der Waals surface area contributed by atoms with Gasteiger partial charge in [0, 0.05) is 0 Å². The largest absolute Gasteiger partial charge is 0.302 e. The van der Waals surface area contributed by atoms with Crippen LogP contribution in [0.3, 0.4) is 0 Å². The molecule has 0 heterocycles. The Hall–Kier alpha value is -2.15. The summed E-state index contributed by atoms with van der Waals surface area (Å²) in [6.07, 6.45) is 3.45. The van der Waals surface area contributed by atoms with Crippen LogP contribution < -0.4 is 0 Å². The molecule has 1 nitrogen and oxygen atoms in total. The predicted molar refractivity (Wildman–Crippen MR) is 80.1 cm³/mol. The maximum absolute atomic E-state index is 11.3. The van der Waals surface area contributed by atoms with Gasteiger partial charge >= 0.3 is 0 Å². The molecule has 2 aromatic rings. The van der Waals surface area contributed by atoms with Gasteiger partial charge in [0.2, 0.25) is 0 Å². The number of hydrogen-bond donors (Lipinski definition) is 0. The van der Waals surface area contributed by atoms with Crippen molar-refractivity contribution in [3.05, 3.63) is 72.8 Å². The van der Waals surface area contributed by atoms with E-state index in [1.807, 2.05) is 37.3 Å². The van der Waals surface area contributed by atoms with E-state index in [9.17, 15) is 4.79 Å². The van der Waals surface area contributed by atoms with E-state index in [4.69, 9.17) is 0 Å². The molecule has 2 rings (SSSR count). The fourth-order valence-corrected chi connectivity index (χ4v) is 2.21. The Kier molecular flexibility index (Phi) is 3.96. The van der Waals surface area contributed by atoms with E-state index < -0.39 is 5.41 Å². The maximum Gasteiger partial charge on any atom is 0.130 e. The van der Waals surface area contributed by atoms with Crippen LogP contribution in [0.2, 0.25) is 0 Å². The fourth-order valence-electron chi connectivity index (χ4n) is 2.21. The van der Waals surface area contributed by atoms with Gasteiger partial charge in [0.1, 0.15) is 6.29 Å². The topological polar surface area (TPSA) is 17.1 Å². The third-order valence-electron chi connectivity index (χ3n) is 3.48. The summed E-state index contributed by atoms with van der Waals surface area (Å²) in [7, 11) is 0. The van der Waals surface area contributed by atoms with Crippen LogP contribution >= 0.6 is 0 Å². The van der Waals surface area contributed by atoms with E-state index in [2.05, 4.69) is 30.8 Å². The molecular weight excluding hydrogens is 232 g/mol. The van der Waals surface area contributed by atoms with Gasteiger partial charge in [-0.25, -0.2) is 0 Å². The van der Waals surface area contributed by atoms with Gasteiger partial charge in [-0.3, -0.25) is 0 Å². The highest BCUT2D eigenvalue weighted by atomic mass is 16.1. The Labute approximate surface area is 114 Å². The Morgan fingerprint density at radius 3 is 2.11 bits per heavy atom. The minimum absolute atomic E-state index is 0.475. The maximum atomic E-state index is 11.3. The molecule has 0 N–H and O–H groups in total. The highest BCUT2D eigenvalue weighted by Gasteiger charge is 2.24. The molecule has 0 fully saturated rings. The lowest BCUT2D eigenvalue weighted by atomic mass is 9.80. The van der Waals surface area contributed by atoms with Crippen molar-refractivity contribution in [3.8, 4) is 11.1 Å². The van der Waals surface area contributed by atoms with Gasteiger partial charge in [-0.15, -0.1) is 6.58 Å².